The molecular formula is C28H27N3O4S. The fourth-order valence-corrected chi connectivity index (χ4v) is 4.19. The van der Waals surface area contributed by atoms with Gasteiger partial charge in [0.05, 0.1) is 23.8 Å². The maximum absolute atomic E-state index is 13.5. The molecule has 1 heterocycles. The van der Waals surface area contributed by atoms with Gasteiger partial charge in [0.25, 0.3) is 5.91 Å². The van der Waals surface area contributed by atoms with Crippen molar-refractivity contribution in [3.8, 4) is 5.75 Å². The zero-order valence-electron chi connectivity index (χ0n) is 20.0. The molecule has 0 saturated carbocycles. The highest BCUT2D eigenvalue weighted by atomic mass is 32.1. The first-order valence-corrected chi connectivity index (χ1v) is 12.0. The monoisotopic (exact) mass is 501 g/mol. The number of benzene rings is 3. The third-order valence-electron chi connectivity index (χ3n) is 5.63. The molecule has 1 unspecified atom stereocenters. The first kappa shape index (κ1) is 24.9. The number of anilines is 1. The molecular weight excluding hydrogens is 474 g/mol. The molecule has 0 aliphatic carbocycles. The molecule has 7 nitrogen and oxygen atoms in total. The average molecular weight is 502 g/mol. The Morgan fingerprint density at radius 2 is 1.67 bits per heavy atom. The zero-order valence-corrected chi connectivity index (χ0v) is 20.9. The van der Waals surface area contributed by atoms with Gasteiger partial charge in [0.1, 0.15) is 12.4 Å². The average Bonchev–Trinajstić information content (AvgIpc) is 2.88. The molecule has 0 bridgehead atoms. The predicted octanol–water partition coefficient (Wildman–Crippen LogP) is 4.87. The lowest BCUT2D eigenvalue weighted by Gasteiger charge is -2.31. The predicted molar refractivity (Wildman–Crippen MR) is 143 cm³/mol. The molecule has 184 valence electrons. The maximum atomic E-state index is 13.5. The largest absolute Gasteiger partial charge is 0.489 e. The molecule has 3 N–H and O–H groups in total. The van der Waals surface area contributed by atoms with Crippen molar-refractivity contribution >= 4 is 34.9 Å². The Bertz CT molecular complexity index is 1290. The molecule has 3 aromatic carbocycles. The SMILES string of the molecule is CCOC(=O)c1ccc(NC(=O)C2=C(C)NC(=S)NC2c2ccccc2OCc2ccccc2)cc1. The van der Waals surface area contributed by atoms with Gasteiger partial charge in [0, 0.05) is 16.9 Å². The van der Waals surface area contributed by atoms with Crippen molar-refractivity contribution in [3.63, 3.8) is 0 Å². The number of rotatable bonds is 8. The molecule has 36 heavy (non-hydrogen) atoms. The summed E-state index contributed by atoms with van der Waals surface area (Å²) in [6.07, 6.45) is 0. The smallest absolute Gasteiger partial charge is 0.338 e. The van der Waals surface area contributed by atoms with Crippen LogP contribution in [0, 0.1) is 0 Å². The van der Waals surface area contributed by atoms with Crippen LogP contribution >= 0.6 is 12.2 Å². The number of nitrogens with one attached hydrogen (secondary N) is 3. The molecule has 0 fully saturated rings. The number of esters is 1. The summed E-state index contributed by atoms with van der Waals surface area (Å²) in [4.78, 5) is 25.4. The summed E-state index contributed by atoms with van der Waals surface area (Å²) < 4.78 is 11.2. The van der Waals surface area contributed by atoms with Crippen LogP contribution in [0.1, 0.15) is 41.4 Å². The molecule has 3 aromatic rings. The van der Waals surface area contributed by atoms with Crippen LogP contribution in [0.2, 0.25) is 0 Å². The van der Waals surface area contributed by atoms with Gasteiger partial charge in [-0.1, -0.05) is 48.5 Å². The van der Waals surface area contributed by atoms with E-state index in [4.69, 9.17) is 21.7 Å². The van der Waals surface area contributed by atoms with E-state index in [-0.39, 0.29) is 5.91 Å². The first-order chi connectivity index (χ1) is 17.5. The van der Waals surface area contributed by atoms with Gasteiger partial charge in [0.15, 0.2) is 5.11 Å². The quantitative estimate of drug-likeness (QED) is 0.300. The van der Waals surface area contributed by atoms with Crippen LogP contribution in [0.15, 0.2) is 90.1 Å². The van der Waals surface area contributed by atoms with E-state index in [0.29, 0.717) is 46.6 Å². The van der Waals surface area contributed by atoms with E-state index in [1.807, 2.05) is 61.5 Å². The normalized spacial score (nSPS) is 14.9. The molecule has 0 radical (unpaired) electrons. The summed E-state index contributed by atoms with van der Waals surface area (Å²) in [5, 5.41) is 9.61. The summed E-state index contributed by atoms with van der Waals surface area (Å²) >= 11 is 5.40. The fourth-order valence-electron chi connectivity index (χ4n) is 3.92. The molecule has 0 spiro atoms. The van der Waals surface area contributed by atoms with Crippen molar-refractivity contribution in [2.24, 2.45) is 0 Å². The van der Waals surface area contributed by atoms with E-state index in [2.05, 4.69) is 16.0 Å². The summed E-state index contributed by atoms with van der Waals surface area (Å²) in [5.74, 6) is -0.0579. The van der Waals surface area contributed by atoms with Crippen molar-refractivity contribution in [1.29, 1.82) is 0 Å². The third-order valence-corrected chi connectivity index (χ3v) is 5.85. The Morgan fingerprint density at radius 3 is 2.39 bits per heavy atom. The van der Waals surface area contributed by atoms with Crippen molar-refractivity contribution in [2.75, 3.05) is 11.9 Å². The van der Waals surface area contributed by atoms with Crippen LogP contribution < -0.4 is 20.7 Å². The minimum absolute atomic E-state index is 0.296. The molecule has 1 aliphatic heterocycles. The van der Waals surface area contributed by atoms with Crippen molar-refractivity contribution in [3.05, 3.63) is 107 Å². The van der Waals surface area contributed by atoms with Crippen LogP contribution in [-0.4, -0.2) is 23.6 Å². The molecule has 1 amide bonds. The van der Waals surface area contributed by atoms with Gasteiger partial charge in [0.2, 0.25) is 0 Å². The Labute approximate surface area is 215 Å². The highest BCUT2D eigenvalue weighted by molar-refractivity contribution is 7.80. The molecule has 1 atom stereocenters. The minimum Gasteiger partial charge on any atom is -0.489 e. The highest BCUT2D eigenvalue weighted by Crippen LogP contribution is 2.34. The fraction of sp³-hybridized carbons (Fsp3) is 0.179. The lowest BCUT2D eigenvalue weighted by atomic mass is 9.94. The second kappa shape index (κ2) is 11.5. The van der Waals surface area contributed by atoms with Gasteiger partial charge in [-0.25, -0.2) is 4.79 Å². The van der Waals surface area contributed by atoms with Gasteiger partial charge in [-0.2, -0.15) is 0 Å². The van der Waals surface area contributed by atoms with E-state index < -0.39 is 12.0 Å². The van der Waals surface area contributed by atoms with Crippen molar-refractivity contribution in [2.45, 2.75) is 26.5 Å². The highest BCUT2D eigenvalue weighted by Gasteiger charge is 2.31. The Hall–Kier alpha value is -4.17. The second-order valence-electron chi connectivity index (χ2n) is 8.13. The van der Waals surface area contributed by atoms with E-state index in [0.717, 1.165) is 11.1 Å². The van der Waals surface area contributed by atoms with E-state index in [9.17, 15) is 9.59 Å². The number of ether oxygens (including phenoxy) is 2. The molecule has 4 rings (SSSR count). The number of carbonyl (C=O) groups is 2. The van der Waals surface area contributed by atoms with Crippen LogP contribution in [0.5, 0.6) is 5.75 Å². The van der Waals surface area contributed by atoms with Crippen LogP contribution in [0.25, 0.3) is 0 Å². The van der Waals surface area contributed by atoms with Gasteiger partial charge >= 0.3 is 5.97 Å². The van der Waals surface area contributed by atoms with Crippen LogP contribution in [0.3, 0.4) is 0 Å². The number of carbonyl (C=O) groups excluding carboxylic acids is 2. The Kier molecular flexibility index (Phi) is 7.97. The molecule has 0 saturated heterocycles. The number of hydrogen-bond donors (Lipinski definition) is 3. The minimum atomic E-state index is -0.524. The van der Waals surface area contributed by atoms with Gasteiger partial charge < -0.3 is 25.4 Å². The Morgan fingerprint density at radius 1 is 0.972 bits per heavy atom. The standard InChI is InChI=1S/C28H27N3O4S/c1-3-34-27(33)20-13-15-21(16-14-20)30-26(32)24-18(2)29-28(36)31-25(24)22-11-7-8-12-23(22)35-17-19-9-5-4-6-10-19/h4-16,25H,3,17H2,1-2H3,(H,30,32)(H2,29,31,36). The summed E-state index contributed by atoms with van der Waals surface area (Å²) in [7, 11) is 0. The Balaban J connectivity index is 1.58. The van der Waals surface area contributed by atoms with Crippen LogP contribution in [0.4, 0.5) is 5.69 Å². The van der Waals surface area contributed by atoms with Crippen LogP contribution in [-0.2, 0) is 16.1 Å². The number of amides is 1. The summed E-state index contributed by atoms with van der Waals surface area (Å²) in [5.41, 5.74) is 3.92. The van der Waals surface area contributed by atoms with E-state index >= 15 is 0 Å². The number of hydrogen-bond acceptors (Lipinski definition) is 5. The van der Waals surface area contributed by atoms with E-state index in [1.165, 1.54) is 0 Å². The first-order valence-electron chi connectivity index (χ1n) is 11.6. The third kappa shape index (κ3) is 5.90. The lowest BCUT2D eigenvalue weighted by molar-refractivity contribution is -0.113. The molecule has 1 aliphatic rings. The maximum Gasteiger partial charge on any atom is 0.338 e. The number of thiocarbonyl (C=S) groups is 1. The molecule has 0 aromatic heterocycles. The van der Waals surface area contributed by atoms with Gasteiger partial charge in [-0.3, -0.25) is 4.79 Å². The van der Waals surface area contributed by atoms with Gasteiger partial charge in [-0.15, -0.1) is 0 Å². The molecule has 8 heteroatoms. The summed E-state index contributed by atoms with van der Waals surface area (Å²) in [6, 6.07) is 23.5. The number of para-hydroxylation sites is 1. The number of allylic oxidation sites excluding steroid dienone is 1. The summed E-state index contributed by atoms with van der Waals surface area (Å²) in [6.45, 7) is 4.25. The van der Waals surface area contributed by atoms with E-state index in [1.54, 1.807) is 31.2 Å². The zero-order chi connectivity index (χ0) is 25.5. The second-order valence-corrected chi connectivity index (χ2v) is 8.54. The van der Waals surface area contributed by atoms with Crippen molar-refractivity contribution in [1.82, 2.24) is 10.6 Å². The lowest BCUT2D eigenvalue weighted by Crippen LogP contribution is -2.45. The van der Waals surface area contributed by atoms with Gasteiger partial charge in [-0.05, 0) is 62.0 Å². The topological polar surface area (TPSA) is 88.7 Å². The van der Waals surface area contributed by atoms with Crippen molar-refractivity contribution < 1.29 is 19.1 Å².